The molecule has 0 N–H and O–H groups in total. The molecule has 0 bridgehead atoms. The van der Waals surface area contributed by atoms with Gasteiger partial charge in [-0.3, -0.25) is 0 Å². The van der Waals surface area contributed by atoms with Crippen LogP contribution in [-0.4, -0.2) is 20.5 Å². The van der Waals surface area contributed by atoms with Crippen molar-refractivity contribution in [2.75, 3.05) is 10.3 Å². The minimum absolute atomic E-state index is 0.232. The molecule has 0 radical (unpaired) electrons. The van der Waals surface area contributed by atoms with Crippen molar-refractivity contribution in [3.05, 3.63) is 0 Å². The molecule has 2 atom stereocenters. The lowest BCUT2D eigenvalue weighted by Gasteiger charge is -2.12. The van der Waals surface area contributed by atoms with Gasteiger partial charge in [0.15, 0.2) is 0 Å². The van der Waals surface area contributed by atoms with Crippen LogP contribution in [0.25, 0.3) is 0 Å². The van der Waals surface area contributed by atoms with E-state index in [9.17, 15) is 0 Å². The van der Waals surface area contributed by atoms with Crippen LogP contribution >= 0.6 is 61.7 Å². The molecule has 2 unspecified atom stereocenters. The first kappa shape index (κ1) is 11.8. The van der Waals surface area contributed by atoms with Gasteiger partial charge < -0.3 is 0 Å². The van der Waals surface area contributed by atoms with Gasteiger partial charge in [0.05, 0.1) is 0 Å². The summed E-state index contributed by atoms with van der Waals surface area (Å²) in [5, 5.41) is 0.232. The lowest BCUT2D eigenvalue weighted by atomic mass is 10.2. The lowest BCUT2D eigenvalue weighted by molar-refractivity contribution is 0.751. The normalized spacial score (nSPS) is 16.8. The first-order chi connectivity index (χ1) is 4.72. The van der Waals surface area contributed by atoms with Gasteiger partial charge in [-0.15, -0.1) is 23.2 Å². The van der Waals surface area contributed by atoms with Crippen LogP contribution in [0.3, 0.4) is 0 Å². The minimum atomic E-state index is 0.232. The summed E-state index contributed by atoms with van der Waals surface area (Å²) in [6, 6.07) is 0. The quantitative estimate of drug-likeness (QED) is 0.517. The van der Waals surface area contributed by atoms with Crippen molar-refractivity contribution in [2.24, 2.45) is 0 Å². The van der Waals surface area contributed by atoms with Crippen molar-refractivity contribution in [1.29, 1.82) is 0 Å². The van der Waals surface area contributed by atoms with Crippen LogP contribution in [0, 0.1) is 0 Å². The third kappa shape index (κ3) is 5.44. The Labute approximate surface area is 94.3 Å². The molecule has 0 aromatic heterocycles. The van der Waals surface area contributed by atoms with E-state index in [2.05, 4.69) is 38.5 Å². The average molecular weight is 360 g/mol. The highest BCUT2D eigenvalue weighted by atomic mass is 127. The Morgan fingerprint density at radius 1 is 1.40 bits per heavy atom. The number of hydrogen-bond donors (Lipinski definition) is 0. The zero-order chi connectivity index (χ0) is 7.98. The zero-order valence-corrected chi connectivity index (χ0v) is 10.8. The van der Waals surface area contributed by atoms with Crippen LogP contribution in [0.1, 0.15) is 12.8 Å². The Hall–Kier alpha value is 1.79. The predicted octanol–water partition coefficient (Wildman–Crippen LogP) is 3.81. The van der Waals surface area contributed by atoms with E-state index in [-0.39, 0.29) is 5.38 Å². The maximum absolute atomic E-state index is 6.00. The molecule has 10 heavy (non-hydrogen) atoms. The molecule has 0 fully saturated rings. The van der Waals surface area contributed by atoms with E-state index in [1.54, 1.807) is 0 Å². The SMILES string of the molecule is ClCCC(Br)C(Cl)CCI. The summed E-state index contributed by atoms with van der Waals surface area (Å²) in [6.07, 6.45) is 2.00. The van der Waals surface area contributed by atoms with Gasteiger partial charge >= 0.3 is 0 Å². The Balaban J connectivity index is 3.38. The molecule has 0 spiro atoms. The van der Waals surface area contributed by atoms with Gasteiger partial charge in [-0.05, 0) is 12.8 Å². The van der Waals surface area contributed by atoms with Crippen molar-refractivity contribution in [3.8, 4) is 0 Å². The number of alkyl halides is 4. The van der Waals surface area contributed by atoms with Crippen LogP contribution in [0.15, 0.2) is 0 Å². The maximum atomic E-state index is 6.00. The van der Waals surface area contributed by atoms with Crippen molar-refractivity contribution >= 4 is 61.7 Å². The van der Waals surface area contributed by atoms with Crippen LogP contribution in [0.2, 0.25) is 0 Å². The smallest absolute Gasteiger partial charge is 0.0468 e. The number of halogens is 4. The molecule has 0 aromatic rings. The highest BCUT2D eigenvalue weighted by Gasteiger charge is 2.13. The Bertz CT molecular complexity index is 72.1. The van der Waals surface area contributed by atoms with Crippen LogP contribution in [0.4, 0.5) is 0 Å². The molecular formula is C6H10BrCl2I. The second-order valence-corrected chi connectivity index (χ2v) is 5.18. The van der Waals surface area contributed by atoms with Gasteiger partial charge in [0.2, 0.25) is 0 Å². The van der Waals surface area contributed by atoms with Gasteiger partial charge in [0.25, 0.3) is 0 Å². The summed E-state index contributed by atoms with van der Waals surface area (Å²) in [7, 11) is 0. The van der Waals surface area contributed by atoms with Gasteiger partial charge in [-0.25, -0.2) is 0 Å². The van der Waals surface area contributed by atoms with E-state index in [0.29, 0.717) is 10.7 Å². The summed E-state index contributed by atoms with van der Waals surface area (Å²) in [5.41, 5.74) is 0. The summed E-state index contributed by atoms with van der Waals surface area (Å²) in [5.74, 6) is 0.681. The molecule has 0 saturated carbocycles. The number of rotatable bonds is 5. The minimum Gasteiger partial charge on any atom is -0.127 e. The summed E-state index contributed by atoms with van der Waals surface area (Å²) >= 11 is 17.4. The van der Waals surface area contributed by atoms with E-state index in [1.165, 1.54) is 0 Å². The fourth-order valence-electron chi connectivity index (χ4n) is 0.570. The fraction of sp³-hybridized carbons (Fsp3) is 1.00. The third-order valence-electron chi connectivity index (χ3n) is 1.16. The molecule has 0 rings (SSSR count). The van der Waals surface area contributed by atoms with Gasteiger partial charge in [-0.2, -0.15) is 0 Å². The van der Waals surface area contributed by atoms with E-state index in [1.807, 2.05) is 0 Å². The molecule has 0 aliphatic rings. The molecule has 4 heteroatoms. The Morgan fingerprint density at radius 3 is 2.40 bits per heavy atom. The van der Waals surface area contributed by atoms with E-state index < -0.39 is 0 Å². The topological polar surface area (TPSA) is 0 Å². The molecule has 62 valence electrons. The highest BCUT2D eigenvalue weighted by molar-refractivity contribution is 14.1. The van der Waals surface area contributed by atoms with E-state index in [4.69, 9.17) is 23.2 Å². The highest BCUT2D eigenvalue weighted by Crippen LogP contribution is 2.20. The monoisotopic (exact) mass is 358 g/mol. The molecular weight excluding hydrogens is 350 g/mol. The van der Waals surface area contributed by atoms with Gasteiger partial charge in [-0.1, -0.05) is 38.5 Å². The molecule has 0 nitrogen and oxygen atoms in total. The zero-order valence-electron chi connectivity index (χ0n) is 5.49. The van der Waals surface area contributed by atoms with Crippen molar-refractivity contribution < 1.29 is 0 Å². The fourth-order valence-corrected chi connectivity index (χ4v) is 2.84. The summed E-state index contributed by atoms with van der Waals surface area (Å²) in [4.78, 5) is 0.376. The van der Waals surface area contributed by atoms with Crippen molar-refractivity contribution in [3.63, 3.8) is 0 Å². The number of hydrogen-bond acceptors (Lipinski definition) is 0. The predicted molar refractivity (Wildman–Crippen MR) is 61.2 cm³/mol. The third-order valence-corrected chi connectivity index (χ3v) is 3.93. The van der Waals surface area contributed by atoms with E-state index in [0.717, 1.165) is 17.3 Å². The first-order valence-corrected chi connectivity index (χ1v) is 6.53. The summed E-state index contributed by atoms with van der Waals surface area (Å²) < 4.78 is 1.11. The second-order valence-electron chi connectivity index (χ2n) is 1.99. The molecule has 0 amide bonds. The largest absolute Gasteiger partial charge is 0.127 e. The van der Waals surface area contributed by atoms with E-state index >= 15 is 0 Å². The van der Waals surface area contributed by atoms with Crippen molar-refractivity contribution in [1.82, 2.24) is 0 Å². The summed E-state index contributed by atoms with van der Waals surface area (Å²) in [6.45, 7) is 0. The van der Waals surface area contributed by atoms with Gasteiger partial charge in [0.1, 0.15) is 0 Å². The van der Waals surface area contributed by atoms with Gasteiger partial charge in [0, 0.05) is 20.5 Å². The molecule has 0 heterocycles. The lowest BCUT2D eigenvalue weighted by Crippen LogP contribution is -2.15. The molecule has 0 aliphatic heterocycles. The second kappa shape index (κ2) is 7.44. The Kier molecular flexibility index (Phi) is 8.77. The molecule has 0 aliphatic carbocycles. The maximum Gasteiger partial charge on any atom is 0.0468 e. The van der Waals surface area contributed by atoms with Crippen molar-refractivity contribution in [2.45, 2.75) is 23.0 Å². The average Bonchev–Trinajstić information content (AvgIpc) is 1.89. The van der Waals surface area contributed by atoms with Crippen LogP contribution in [-0.2, 0) is 0 Å². The van der Waals surface area contributed by atoms with Crippen LogP contribution in [0.5, 0.6) is 0 Å². The Morgan fingerprint density at radius 2 is 2.00 bits per heavy atom. The standard InChI is InChI=1S/C6H10BrCl2I/c7-5(1-3-8)6(9)2-4-10/h5-6H,1-4H2. The van der Waals surface area contributed by atoms with Crippen LogP contribution < -0.4 is 0 Å². The molecule has 0 saturated heterocycles. The first-order valence-electron chi connectivity index (χ1n) is 3.12. The molecule has 0 aromatic carbocycles.